The van der Waals surface area contributed by atoms with Crippen LogP contribution in [0.1, 0.15) is 12.5 Å². The van der Waals surface area contributed by atoms with Crippen LogP contribution in [-0.2, 0) is 11.2 Å². The van der Waals surface area contributed by atoms with Crippen molar-refractivity contribution in [2.45, 2.75) is 13.3 Å². The number of ketones is 1. The summed E-state index contributed by atoms with van der Waals surface area (Å²) in [5.74, 6) is 0.549. The first-order valence-corrected chi connectivity index (χ1v) is 3.39. The molecule has 0 unspecified atom stereocenters. The molecule has 0 saturated heterocycles. The Morgan fingerprint density at radius 3 is 3.00 bits per heavy atom. The summed E-state index contributed by atoms with van der Waals surface area (Å²) in [5, 5.41) is 0. The lowest BCUT2D eigenvalue weighted by Gasteiger charge is -1.99. The van der Waals surface area contributed by atoms with Crippen LogP contribution in [-0.4, -0.2) is 10.8 Å². The Balaban J connectivity index is 2.86. The third-order valence-corrected chi connectivity index (χ3v) is 1.37. The Kier molecular flexibility index (Phi) is 2.21. The summed E-state index contributed by atoms with van der Waals surface area (Å²) in [5.41, 5.74) is 6.31. The molecular formula is C8H10N2O. The standard InChI is InChI=1S/C8H10N2O/c1-6(11)5-7-3-2-4-10-8(7)9/h2-4H,5H2,1H3,(H2,9,10). The van der Waals surface area contributed by atoms with Crippen LogP contribution in [0, 0.1) is 0 Å². The number of carbonyl (C=O) groups is 1. The van der Waals surface area contributed by atoms with Crippen LogP contribution in [0.15, 0.2) is 18.3 Å². The van der Waals surface area contributed by atoms with Crippen molar-refractivity contribution < 1.29 is 4.79 Å². The number of Topliss-reactive ketones (excluding diaryl/α,β-unsaturated/α-hetero) is 1. The van der Waals surface area contributed by atoms with Gasteiger partial charge in [-0.15, -0.1) is 0 Å². The molecule has 0 fully saturated rings. The highest BCUT2D eigenvalue weighted by atomic mass is 16.1. The maximum Gasteiger partial charge on any atom is 0.134 e. The number of hydrogen-bond acceptors (Lipinski definition) is 3. The second kappa shape index (κ2) is 3.14. The van der Waals surface area contributed by atoms with Crippen LogP contribution in [0.5, 0.6) is 0 Å². The van der Waals surface area contributed by atoms with E-state index in [0.717, 1.165) is 5.56 Å². The molecule has 58 valence electrons. The highest BCUT2D eigenvalue weighted by Gasteiger charge is 2.00. The van der Waals surface area contributed by atoms with Crippen LogP contribution >= 0.6 is 0 Å². The van der Waals surface area contributed by atoms with Gasteiger partial charge in [0.15, 0.2) is 0 Å². The van der Waals surface area contributed by atoms with E-state index in [2.05, 4.69) is 4.98 Å². The Hall–Kier alpha value is -1.38. The number of pyridine rings is 1. The number of nitrogens with zero attached hydrogens (tertiary/aromatic N) is 1. The van der Waals surface area contributed by atoms with Gasteiger partial charge in [-0.1, -0.05) is 6.07 Å². The van der Waals surface area contributed by atoms with E-state index in [0.29, 0.717) is 12.2 Å². The topological polar surface area (TPSA) is 56.0 Å². The third-order valence-electron chi connectivity index (χ3n) is 1.37. The van der Waals surface area contributed by atoms with Gasteiger partial charge >= 0.3 is 0 Å². The van der Waals surface area contributed by atoms with Crippen LogP contribution in [0.2, 0.25) is 0 Å². The van der Waals surface area contributed by atoms with Gasteiger partial charge in [0, 0.05) is 18.2 Å². The van der Waals surface area contributed by atoms with Crippen molar-refractivity contribution >= 4 is 11.6 Å². The SMILES string of the molecule is CC(=O)Cc1cccnc1N. The number of nitrogen functional groups attached to an aromatic ring is 1. The first-order valence-electron chi connectivity index (χ1n) is 3.39. The number of carbonyl (C=O) groups excluding carboxylic acids is 1. The fourth-order valence-electron chi connectivity index (χ4n) is 0.868. The van der Waals surface area contributed by atoms with Crippen LogP contribution in [0.4, 0.5) is 5.82 Å². The second-order valence-corrected chi connectivity index (χ2v) is 2.43. The molecule has 0 saturated carbocycles. The van der Waals surface area contributed by atoms with Crippen molar-refractivity contribution in [2.75, 3.05) is 5.73 Å². The van der Waals surface area contributed by atoms with Gasteiger partial charge in [-0.2, -0.15) is 0 Å². The molecule has 1 rings (SSSR count). The van der Waals surface area contributed by atoms with E-state index < -0.39 is 0 Å². The molecule has 3 nitrogen and oxygen atoms in total. The minimum absolute atomic E-state index is 0.102. The second-order valence-electron chi connectivity index (χ2n) is 2.43. The summed E-state index contributed by atoms with van der Waals surface area (Å²) in [4.78, 5) is 14.5. The summed E-state index contributed by atoms with van der Waals surface area (Å²) >= 11 is 0. The molecule has 1 heterocycles. The molecule has 2 N–H and O–H groups in total. The summed E-state index contributed by atoms with van der Waals surface area (Å²) in [6.45, 7) is 1.53. The molecule has 0 amide bonds. The van der Waals surface area contributed by atoms with Crippen molar-refractivity contribution in [3.05, 3.63) is 23.9 Å². The Morgan fingerprint density at radius 1 is 1.73 bits per heavy atom. The molecule has 1 aromatic rings. The van der Waals surface area contributed by atoms with Gasteiger partial charge in [-0.25, -0.2) is 4.98 Å². The number of anilines is 1. The number of hydrogen-bond donors (Lipinski definition) is 1. The first kappa shape index (κ1) is 7.72. The Morgan fingerprint density at radius 2 is 2.45 bits per heavy atom. The largest absolute Gasteiger partial charge is 0.383 e. The number of rotatable bonds is 2. The van der Waals surface area contributed by atoms with Gasteiger partial charge < -0.3 is 5.73 Å². The van der Waals surface area contributed by atoms with Gasteiger partial charge in [0.2, 0.25) is 0 Å². The first-order chi connectivity index (χ1) is 5.20. The minimum atomic E-state index is 0.102. The molecule has 11 heavy (non-hydrogen) atoms. The van der Waals surface area contributed by atoms with E-state index in [4.69, 9.17) is 5.73 Å². The summed E-state index contributed by atoms with van der Waals surface area (Å²) in [6, 6.07) is 3.58. The zero-order valence-corrected chi connectivity index (χ0v) is 6.37. The molecular weight excluding hydrogens is 140 g/mol. The fraction of sp³-hybridized carbons (Fsp3) is 0.250. The lowest BCUT2D eigenvalue weighted by Crippen LogP contribution is -2.02. The van der Waals surface area contributed by atoms with E-state index >= 15 is 0 Å². The van der Waals surface area contributed by atoms with E-state index in [-0.39, 0.29) is 5.78 Å². The molecule has 3 heteroatoms. The smallest absolute Gasteiger partial charge is 0.134 e. The molecule has 0 aromatic carbocycles. The predicted molar refractivity (Wildman–Crippen MR) is 43.0 cm³/mol. The molecule has 0 bridgehead atoms. The zero-order chi connectivity index (χ0) is 8.27. The van der Waals surface area contributed by atoms with Gasteiger partial charge in [0.1, 0.15) is 11.6 Å². The van der Waals surface area contributed by atoms with Crippen molar-refractivity contribution in [3.8, 4) is 0 Å². The van der Waals surface area contributed by atoms with Crippen molar-refractivity contribution in [1.29, 1.82) is 0 Å². The molecule has 0 atom stereocenters. The Labute approximate surface area is 65.2 Å². The maximum atomic E-state index is 10.7. The normalized spacial score (nSPS) is 9.55. The quantitative estimate of drug-likeness (QED) is 0.678. The minimum Gasteiger partial charge on any atom is -0.383 e. The Bertz CT molecular complexity index is 271. The molecule has 0 aliphatic carbocycles. The van der Waals surface area contributed by atoms with E-state index in [1.54, 1.807) is 12.3 Å². The molecule has 0 spiro atoms. The maximum absolute atomic E-state index is 10.7. The lowest BCUT2D eigenvalue weighted by atomic mass is 10.1. The van der Waals surface area contributed by atoms with Crippen molar-refractivity contribution in [3.63, 3.8) is 0 Å². The van der Waals surface area contributed by atoms with E-state index in [1.165, 1.54) is 6.92 Å². The monoisotopic (exact) mass is 150 g/mol. The van der Waals surface area contributed by atoms with Crippen LogP contribution in [0.25, 0.3) is 0 Å². The predicted octanol–water partition coefficient (Wildman–Crippen LogP) is 0.795. The molecule has 0 aliphatic heterocycles. The van der Waals surface area contributed by atoms with Crippen LogP contribution < -0.4 is 5.73 Å². The molecule has 0 radical (unpaired) electrons. The molecule has 0 aliphatic rings. The fourth-order valence-corrected chi connectivity index (χ4v) is 0.868. The average molecular weight is 150 g/mol. The van der Waals surface area contributed by atoms with Gasteiger partial charge in [-0.05, 0) is 13.0 Å². The highest BCUT2D eigenvalue weighted by Crippen LogP contribution is 2.07. The van der Waals surface area contributed by atoms with Gasteiger partial charge in [0.25, 0.3) is 0 Å². The summed E-state index contributed by atoms with van der Waals surface area (Å²) < 4.78 is 0. The van der Waals surface area contributed by atoms with Crippen LogP contribution in [0.3, 0.4) is 0 Å². The highest BCUT2D eigenvalue weighted by molar-refractivity contribution is 5.79. The van der Waals surface area contributed by atoms with Gasteiger partial charge in [0.05, 0.1) is 0 Å². The summed E-state index contributed by atoms with van der Waals surface area (Å²) in [7, 11) is 0. The number of aromatic nitrogens is 1. The van der Waals surface area contributed by atoms with Crippen molar-refractivity contribution in [1.82, 2.24) is 4.98 Å². The number of nitrogens with two attached hydrogens (primary N) is 1. The van der Waals surface area contributed by atoms with Crippen molar-refractivity contribution in [2.24, 2.45) is 0 Å². The zero-order valence-electron chi connectivity index (χ0n) is 6.37. The van der Waals surface area contributed by atoms with E-state index in [1.807, 2.05) is 6.07 Å². The summed E-state index contributed by atoms with van der Waals surface area (Å²) in [6.07, 6.45) is 1.98. The van der Waals surface area contributed by atoms with E-state index in [9.17, 15) is 4.79 Å². The third kappa shape index (κ3) is 2.04. The van der Waals surface area contributed by atoms with Gasteiger partial charge in [-0.3, -0.25) is 4.79 Å². The average Bonchev–Trinajstić information content (AvgIpc) is 1.93. The molecule has 1 aromatic heterocycles. The lowest BCUT2D eigenvalue weighted by molar-refractivity contribution is -0.116.